The first kappa shape index (κ1) is 13.6. The zero-order valence-corrected chi connectivity index (χ0v) is 11.7. The zero-order chi connectivity index (χ0) is 13.0. The van der Waals surface area contributed by atoms with Gasteiger partial charge in [-0.05, 0) is 51.5 Å². The minimum atomic E-state index is 0.264. The maximum absolute atomic E-state index is 11.6. The number of hydrogen-bond donors (Lipinski definition) is 1. The molecule has 18 heavy (non-hydrogen) atoms. The summed E-state index contributed by atoms with van der Waals surface area (Å²) in [5.41, 5.74) is 1.44. The molecule has 1 heterocycles. The van der Waals surface area contributed by atoms with Crippen molar-refractivity contribution in [3.05, 3.63) is 11.6 Å². The fourth-order valence-corrected chi connectivity index (χ4v) is 2.58. The van der Waals surface area contributed by atoms with Gasteiger partial charge in [-0.3, -0.25) is 9.69 Å². The van der Waals surface area contributed by atoms with E-state index in [-0.39, 0.29) is 5.91 Å². The van der Waals surface area contributed by atoms with Crippen molar-refractivity contribution in [2.45, 2.75) is 39.5 Å². The average Bonchev–Trinajstić information content (AvgIpc) is 3.05. The Hall–Kier alpha value is -0.830. The summed E-state index contributed by atoms with van der Waals surface area (Å²) >= 11 is 0. The number of hydrogen-bond acceptors (Lipinski definition) is 2. The summed E-state index contributed by atoms with van der Waals surface area (Å²) in [6.45, 7) is 8.55. The molecule has 0 aromatic carbocycles. The van der Waals surface area contributed by atoms with E-state index in [0.717, 1.165) is 26.1 Å². The summed E-state index contributed by atoms with van der Waals surface area (Å²) < 4.78 is 0. The van der Waals surface area contributed by atoms with E-state index in [1.165, 1.54) is 31.4 Å². The summed E-state index contributed by atoms with van der Waals surface area (Å²) in [6.07, 6.45) is 6.68. The quantitative estimate of drug-likeness (QED) is 0.733. The van der Waals surface area contributed by atoms with E-state index < -0.39 is 0 Å². The summed E-state index contributed by atoms with van der Waals surface area (Å²) in [4.78, 5) is 14.1. The van der Waals surface area contributed by atoms with Crippen LogP contribution in [0.5, 0.6) is 0 Å². The number of carbonyl (C=O) groups is 1. The van der Waals surface area contributed by atoms with Crippen molar-refractivity contribution in [2.24, 2.45) is 11.8 Å². The lowest BCUT2D eigenvalue weighted by molar-refractivity contribution is -0.121. The van der Waals surface area contributed by atoms with Crippen LogP contribution in [0.3, 0.4) is 0 Å². The highest BCUT2D eigenvalue weighted by atomic mass is 16.1. The molecule has 3 heteroatoms. The predicted molar refractivity (Wildman–Crippen MR) is 74.3 cm³/mol. The van der Waals surface area contributed by atoms with Gasteiger partial charge < -0.3 is 5.32 Å². The molecule has 2 fully saturated rings. The number of carbonyl (C=O) groups excluding carboxylic acids is 1. The fraction of sp³-hybridized carbons (Fsp3) is 0.800. The lowest BCUT2D eigenvalue weighted by Crippen LogP contribution is -2.31. The number of likely N-dealkylation sites (tertiary alicyclic amines) is 1. The van der Waals surface area contributed by atoms with Crippen LogP contribution in [-0.4, -0.2) is 37.0 Å². The molecule has 1 atom stereocenters. The Morgan fingerprint density at radius 2 is 2.11 bits per heavy atom. The average molecular weight is 250 g/mol. The lowest BCUT2D eigenvalue weighted by Gasteiger charge is -2.16. The zero-order valence-electron chi connectivity index (χ0n) is 11.7. The molecule has 1 N–H and O–H groups in total. The van der Waals surface area contributed by atoms with Crippen LogP contribution in [-0.2, 0) is 4.79 Å². The van der Waals surface area contributed by atoms with E-state index in [2.05, 4.69) is 30.1 Å². The third kappa shape index (κ3) is 4.45. The first-order chi connectivity index (χ1) is 8.67. The van der Waals surface area contributed by atoms with Crippen LogP contribution < -0.4 is 5.32 Å². The van der Waals surface area contributed by atoms with Gasteiger partial charge in [-0.1, -0.05) is 11.6 Å². The van der Waals surface area contributed by atoms with Gasteiger partial charge in [0.2, 0.25) is 5.91 Å². The van der Waals surface area contributed by atoms with E-state index in [4.69, 9.17) is 0 Å². The van der Waals surface area contributed by atoms with Gasteiger partial charge in [0.1, 0.15) is 0 Å². The number of nitrogens with one attached hydrogen (secondary N) is 1. The molecule has 0 aromatic rings. The summed E-state index contributed by atoms with van der Waals surface area (Å²) in [5.74, 6) is 1.61. The van der Waals surface area contributed by atoms with Crippen molar-refractivity contribution in [3.8, 4) is 0 Å². The number of amides is 1. The molecule has 0 aromatic heterocycles. The van der Waals surface area contributed by atoms with Crippen LogP contribution in [0, 0.1) is 11.8 Å². The third-order valence-corrected chi connectivity index (χ3v) is 4.09. The Kier molecular flexibility index (Phi) is 4.81. The van der Waals surface area contributed by atoms with Crippen LogP contribution >= 0.6 is 0 Å². The molecule has 3 nitrogen and oxygen atoms in total. The molecule has 0 unspecified atom stereocenters. The van der Waals surface area contributed by atoms with E-state index in [9.17, 15) is 4.79 Å². The molecule has 1 saturated heterocycles. The van der Waals surface area contributed by atoms with Crippen molar-refractivity contribution in [1.82, 2.24) is 10.2 Å². The van der Waals surface area contributed by atoms with Gasteiger partial charge in [-0.2, -0.15) is 0 Å². The molecule has 2 rings (SSSR count). The molecule has 1 saturated carbocycles. The first-order valence-corrected chi connectivity index (χ1v) is 7.28. The monoisotopic (exact) mass is 250 g/mol. The van der Waals surface area contributed by atoms with E-state index in [0.29, 0.717) is 11.8 Å². The van der Waals surface area contributed by atoms with Crippen LogP contribution in [0.1, 0.15) is 39.5 Å². The molecule has 0 spiro atoms. The smallest absolute Gasteiger partial charge is 0.220 e. The van der Waals surface area contributed by atoms with Crippen LogP contribution in [0.2, 0.25) is 0 Å². The van der Waals surface area contributed by atoms with Gasteiger partial charge in [0, 0.05) is 26.1 Å². The molecule has 2 aliphatic rings. The summed E-state index contributed by atoms with van der Waals surface area (Å²) in [6, 6.07) is 0. The standard InChI is InChI=1S/C15H26N2O/c1-3-12(2)10-17-7-6-14(11-17)9-16-15(18)8-13-4-5-13/h3,13-14H,4-11H2,1-2H3,(H,16,18)/b12-3+/t14-/m0/s1. The second kappa shape index (κ2) is 6.37. The maximum Gasteiger partial charge on any atom is 0.220 e. The van der Waals surface area contributed by atoms with Crippen LogP contribution in [0.15, 0.2) is 11.6 Å². The molecule has 1 aliphatic heterocycles. The van der Waals surface area contributed by atoms with Crippen LogP contribution in [0.25, 0.3) is 0 Å². The highest BCUT2D eigenvalue weighted by molar-refractivity contribution is 5.76. The van der Waals surface area contributed by atoms with Crippen molar-refractivity contribution in [2.75, 3.05) is 26.2 Å². The second-order valence-corrected chi connectivity index (χ2v) is 5.98. The van der Waals surface area contributed by atoms with Gasteiger partial charge in [-0.25, -0.2) is 0 Å². The van der Waals surface area contributed by atoms with Crippen molar-refractivity contribution in [3.63, 3.8) is 0 Å². The fourth-order valence-electron chi connectivity index (χ4n) is 2.58. The second-order valence-electron chi connectivity index (χ2n) is 5.98. The Balaban J connectivity index is 1.61. The van der Waals surface area contributed by atoms with Gasteiger partial charge in [-0.15, -0.1) is 0 Å². The third-order valence-electron chi connectivity index (χ3n) is 4.09. The minimum absolute atomic E-state index is 0.264. The highest BCUT2D eigenvalue weighted by Crippen LogP contribution is 2.32. The van der Waals surface area contributed by atoms with Gasteiger partial charge >= 0.3 is 0 Å². The molecule has 1 aliphatic carbocycles. The molecule has 102 valence electrons. The van der Waals surface area contributed by atoms with E-state index in [1.807, 2.05) is 0 Å². The molecule has 0 bridgehead atoms. The lowest BCUT2D eigenvalue weighted by atomic mass is 10.1. The van der Waals surface area contributed by atoms with Gasteiger partial charge in [0.05, 0.1) is 0 Å². The normalized spacial score (nSPS) is 25.4. The topological polar surface area (TPSA) is 32.3 Å². The number of rotatable bonds is 6. The van der Waals surface area contributed by atoms with E-state index in [1.54, 1.807) is 0 Å². The highest BCUT2D eigenvalue weighted by Gasteiger charge is 2.26. The van der Waals surface area contributed by atoms with Crippen molar-refractivity contribution < 1.29 is 4.79 Å². The van der Waals surface area contributed by atoms with Crippen LogP contribution in [0.4, 0.5) is 0 Å². The van der Waals surface area contributed by atoms with E-state index >= 15 is 0 Å². The number of allylic oxidation sites excluding steroid dienone is 1. The number of nitrogens with zero attached hydrogens (tertiary/aromatic N) is 1. The first-order valence-electron chi connectivity index (χ1n) is 7.28. The molecule has 1 amide bonds. The van der Waals surface area contributed by atoms with Gasteiger partial charge in [0.15, 0.2) is 0 Å². The minimum Gasteiger partial charge on any atom is -0.356 e. The Morgan fingerprint density at radius 1 is 1.33 bits per heavy atom. The predicted octanol–water partition coefficient (Wildman–Crippen LogP) is 2.19. The Morgan fingerprint density at radius 3 is 2.78 bits per heavy atom. The van der Waals surface area contributed by atoms with Gasteiger partial charge in [0.25, 0.3) is 0 Å². The maximum atomic E-state index is 11.6. The summed E-state index contributed by atoms with van der Waals surface area (Å²) in [7, 11) is 0. The molecular weight excluding hydrogens is 224 g/mol. The molecular formula is C15H26N2O. The largest absolute Gasteiger partial charge is 0.356 e. The molecule has 0 radical (unpaired) electrons. The SMILES string of the molecule is C/C=C(\C)CN1CC[C@@H](CNC(=O)CC2CC2)C1. The van der Waals surface area contributed by atoms with Crippen molar-refractivity contribution >= 4 is 5.91 Å². The Labute approximate surface area is 111 Å². The summed E-state index contributed by atoms with van der Waals surface area (Å²) in [5, 5.41) is 3.10. The Bertz CT molecular complexity index is 320. The van der Waals surface area contributed by atoms with Crippen molar-refractivity contribution in [1.29, 1.82) is 0 Å².